The van der Waals surface area contributed by atoms with Gasteiger partial charge < -0.3 is 10.3 Å². The predicted molar refractivity (Wildman–Crippen MR) is 73.7 cm³/mol. The number of rotatable bonds is 4. The van der Waals surface area contributed by atoms with Gasteiger partial charge in [-0.1, -0.05) is 19.0 Å². The van der Waals surface area contributed by atoms with Crippen molar-refractivity contribution in [3.05, 3.63) is 34.1 Å². The van der Waals surface area contributed by atoms with Gasteiger partial charge in [0, 0.05) is 5.56 Å². The van der Waals surface area contributed by atoms with Gasteiger partial charge in [-0.3, -0.25) is 0 Å². The van der Waals surface area contributed by atoms with Crippen LogP contribution in [0.3, 0.4) is 0 Å². The Kier molecular flexibility index (Phi) is 4.49. The summed E-state index contributed by atoms with van der Waals surface area (Å²) in [7, 11) is 0. The van der Waals surface area contributed by atoms with Crippen molar-refractivity contribution in [2.75, 3.05) is 0 Å². The molecular formula is C13H14BrF2N3O. The summed E-state index contributed by atoms with van der Waals surface area (Å²) < 4.78 is 31.6. The minimum atomic E-state index is -0.986. The number of nitrogens with zero attached hydrogens (tertiary/aromatic N) is 2. The molecule has 0 radical (unpaired) electrons. The summed E-state index contributed by atoms with van der Waals surface area (Å²) >= 11 is 2.99. The number of benzene rings is 1. The van der Waals surface area contributed by atoms with Crippen molar-refractivity contribution in [1.82, 2.24) is 10.1 Å². The molecule has 0 saturated heterocycles. The van der Waals surface area contributed by atoms with Crippen LogP contribution in [0.5, 0.6) is 0 Å². The Hall–Kier alpha value is -1.34. The average molecular weight is 346 g/mol. The Balaban J connectivity index is 2.32. The first-order valence-electron chi connectivity index (χ1n) is 6.13. The summed E-state index contributed by atoms with van der Waals surface area (Å²) in [6, 6.07) is 2.02. The van der Waals surface area contributed by atoms with Gasteiger partial charge >= 0.3 is 0 Å². The third-order valence-corrected chi connectivity index (χ3v) is 3.54. The standard InChI is InChI=1S/C13H14BrF2N3O/c1-6(2)5-9(17)13-18-12(19-20-13)7-3-4-8(15)11(16)10(7)14/h3-4,6,9H,5,17H2,1-2H3/t9-/m0/s1. The number of hydrogen-bond donors (Lipinski definition) is 1. The highest BCUT2D eigenvalue weighted by Gasteiger charge is 2.20. The summed E-state index contributed by atoms with van der Waals surface area (Å²) in [6.45, 7) is 4.06. The first kappa shape index (κ1) is 15.1. The summed E-state index contributed by atoms with van der Waals surface area (Å²) in [5, 5.41) is 3.76. The molecule has 0 spiro atoms. The van der Waals surface area contributed by atoms with Gasteiger partial charge in [0.25, 0.3) is 0 Å². The molecule has 108 valence electrons. The van der Waals surface area contributed by atoms with Crippen molar-refractivity contribution in [1.29, 1.82) is 0 Å². The lowest BCUT2D eigenvalue weighted by Gasteiger charge is -2.08. The zero-order valence-electron chi connectivity index (χ0n) is 11.0. The smallest absolute Gasteiger partial charge is 0.243 e. The Morgan fingerprint density at radius 1 is 1.35 bits per heavy atom. The molecule has 0 aliphatic heterocycles. The van der Waals surface area contributed by atoms with Crippen LogP contribution < -0.4 is 5.73 Å². The average Bonchev–Trinajstić information content (AvgIpc) is 2.85. The minimum absolute atomic E-state index is 0.0396. The molecule has 0 amide bonds. The molecule has 4 nitrogen and oxygen atoms in total. The molecule has 0 aliphatic carbocycles. The lowest BCUT2D eigenvalue weighted by molar-refractivity contribution is 0.335. The summed E-state index contributed by atoms with van der Waals surface area (Å²) in [4.78, 5) is 4.14. The van der Waals surface area contributed by atoms with Crippen molar-refractivity contribution >= 4 is 15.9 Å². The van der Waals surface area contributed by atoms with E-state index in [0.29, 0.717) is 17.9 Å². The molecule has 1 atom stereocenters. The van der Waals surface area contributed by atoms with E-state index in [0.717, 1.165) is 6.07 Å². The first-order chi connectivity index (χ1) is 9.40. The van der Waals surface area contributed by atoms with Gasteiger partial charge in [0.1, 0.15) is 0 Å². The third-order valence-electron chi connectivity index (χ3n) is 2.76. The number of aromatic nitrogens is 2. The number of hydrogen-bond acceptors (Lipinski definition) is 4. The van der Waals surface area contributed by atoms with Crippen LogP contribution in [0.25, 0.3) is 11.4 Å². The van der Waals surface area contributed by atoms with Gasteiger partial charge in [0.05, 0.1) is 10.5 Å². The second-order valence-electron chi connectivity index (χ2n) is 4.92. The lowest BCUT2D eigenvalue weighted by atomic mass is 10.0. The zero-order chi connectivity index (χ0) is 14.9. The first-order valence-corrected chi connectivity index (χ1v) is 6.92. The molecule has 2 aromatic rings. The number of nitrogens with two attached hydrogens (primary N) is 1. The topological polar surface area (TPSA) is 64.9 Å². The Bertz CT molecular complexity index is 616. The highest BCUT2D eigenvalue weighted by molar-refractivity contribution is 9.10. The maximum absolute atomic E-state index is 13.5. The fraction of sp³-hybridized carbons (Fsp3) is 0.385. The molecule has 20 heavy (non-hydrogen) atoms. The van der Waals surface area contributed by atoms with Crippen LogP contribution in [0.15, 0.2) is 21.1 Å². The molecule has 7 heteroatoms. The predicted octanol–water partition coefficient (Wildman–Crippen LogP) is 3.82. The lowest BCUT2D eigenvalue weighted by Crippen LogP contribution is -2.13. The second-order valence-corrected chi connectivity index (χ2v) is 5.71. The molecule has 0 unspecified atom stereocenters. The van der Waals surface area contributed by atoms with Crippen LogP contribution in [0.4, 0.5) is 8.78 Å². The zero-order valence-corrected chi connectivity index (χ0v) is 12.6. The summed E-state index contributed by atoms with van der Waals surface area (Å²) in [6.07, 6.45) is 0.695. The highest BCUT2D eigenvalue weighted by Crippen LogP contribution is 2.30. The van der Waals surface area contributed by atoms with Crippen LogP contribution in [-0.4, -0.2) is 10.1 Å². The minimum Gasteiger partial charge on any atom is -0.337 e. The van der Waals surface area contributed by atoms with Crippen molar-refractivity contribution < 1.29 is 13.3 Å². The van der Waals surface area contributed by atoms with E-state index in [4.69, 9.17) is 10.3 Å². The molecule has 0 saturated carbocycles. The van der Waals surface area contributed by atoms with E-state index in [1.807, 2.05) is 13.8 Å². The molecule has 2 N–H and O–H groups in total. The van der Waals surface area contributed by atoms with Gasteiger partial charge in [-0.15, -0.1) is 0 Å². The molecule has 1 aromatic carbocycles. The quantitative estimate of drug-likeness (QED) is 0.855. The maximum atomic E-state index is 13.5. The fourth-order valence-corrected chi connectivity index (χ4v) is 2.30. The van der Waals surface area contributed by atoms with Crippen molar-refractivity contribution in [3.8, 4) is 11.4 Å². The van der Waals surface area contributed by atoms with Crippen LogP contribution in [0, 0.1) is 17.6 Å². The van der Waals surface area contributed by atoms with Crippen molar-refractivity contribution in [2.45, 2.75) is 26.3 Å². The molecule has 0 aliphatic rings. The van der Waals surface area contributed by atoms with E-state index in [2.05, 4.69) is 26.1 Å². The van der Waals surface area contributed by atoms with E-state index >= 15 is 0 Å². The normalized spacial score (nSPS) is 12.9. The van der Waals surface area contributed by atoms with Gasteiger partial charge in [0.15, 0.2) is 11.6 Å². The molecule has 0 fully saturated rings. The van der Waals surface area contributed by atoms with E-state index in [1.54, 1.807) is 0 Å². The molecular weight excluding hydrogens is 332 g/mol. The van der Waals surface area contributed by atoms with E-state index in [9.17, 15) is 8.78 Å². The summed E-state index contributed by atoms with van der Waals surface area (Å²) in [5.41, 5.74) is 6.25. The van der Waals surface area contributed by atoms with Crippen LogP contribution in [-0.2, 0) is 0 Å². The molecule has 2 rings (SSSR count). The fourth-order valence-electron chi connectivity index (χ4n) is 1.80. The highest BCUT2D eigenvalue weighted by atomic mass is 79.9. The molecule has 1 aromatic heterocycles. The maximum Gasteiger partial charge on any atom is 0.243 e. The number of halogens is 3. The van der Waals surface area contributed by atoms with Crippen molar-refractivity contribution in [2.24, 2.45) is 11.7 Å². The van der Waals surface area contributed by atoms with Crippen LogP contribution >= 0.6 is 15.9 Å². The third kappa shape index (κ3) is 3.04. The van der Waals surface area contributed by atoms with Crippen LogP contribution in [0.1, 0.15) is 32.2 Å². The largest absolute Gasteiger partial charge is 0.337 e. The van der Waals surface area contributed by atoms with E-state index in [-0.39, 0.29) is 22.2 Å². The molecule has 1 heterocycles. The Morgan fingerprint density at radius 2 is 2.05 bits per heavy atom. The van der Waals surface area contributed by atoms with Crippen molar-refractivity contribution in [3.63, 3.8) is 0 Å². The van der Waals surface area contributed by atoms with E-state index in [1.165, 1.54) is 6.07 Å². The van der Waals surface area contributed by atoms with Gasteiger partial charge in [-0.05, 0) is 40.4 Å². The van der Waals surface area contributed by atoms with E-state index < -0.39 is 11.6 Å². The second kappa shape index (κ2) is 5.97. The Labute approximate surface area is 123 Å². The van der Waals surface area contributed by atoms with Crippen LogP contribution in [0.2, 0.25) is 0 Å². The monoisotopic (exact) mass is 345 g/mol. The summed E-state index contributed by atoms with van der Waals surface area (Å²) in [5.74, 6) is -1.09. The van der Waals surface area contributed by atoms with Gasteiger partial charge in [0.2, 0.25) is 11.7 Å². The molecule has 0 bridgehead atoms. The van der Waals surface area contributed by atoms with Gasteiger partial charge in [-0.25, -0.2) is 8.78 Å². The SMILES string of the molecule is CC(C)C[C@H](N)c1nc(-c2ccc(F)c(F)c2Br)no1. The van der Waals surface area contributed by atoms with Gasteiger partial charge in [-0.2, -0.15) is 4.98 Å². The Morgan fingerprint density at radius 3 is 2.70 bits per heavy atom.